The highest BCUT2D eigenvalue weighted by atomic mass is 35.5. The van der Waals surface area contributed by atoms with E-state index >= 15 is 0 Å². The molecule has 0 saturated heterocycles. The van der Waals surface area contributed by atoms with Crippen molar-refractivity contribution in [2.24, 2.45) is 0 Å². The van der Waals surface area contributed by atoms with Crippen molar-refractivity contribution in [1.82, 2.24) is 14.4 Å². The van der Waals surface area contributed by atoms with Crippen LogP contribution in [0.2, 0.25) is 5.02 Å². The van der Waals surface area contributed by atoms with E-state index in [0.29, 0.717) is 29.1 Å². The minimum Gasteiger partial charge on any atom is -0.322 e. The van der Waals surface area contributed by atoms with E-state index < -0.39 is 40.8 Å². The van der Waals surface area contributed by atoms with Crippen molar-refractivity contribution in [3.8, 4) is 11.3 Å². The average Bonchev–Trinajstić information content (AvgIpc) is 3.35. The summed E-state index contributed by atoms with van der Waals surface area (Å²) < 4.78 is 67.8. The van der Waals surface area contributed by atoms with Crippen molar-refractivity contribution < 1.29 is 31.5 Å². The molecule has 2 N–H and O–H groups in total. The van der Waals surface area contributed by atoms with Gasteiger partial charge < -0.3 is 10.6 Å². The monoisotopic (exact) mass is 571 g/mol. The topological polar surface area (TPSA) is 88.4 Å². The third kappa shape index (κ3) is 5.34. The Morgan fingerprint density at radius 2 is 1.55 bits per heavy atom. The van der Waals surface area contributed by atoms with Crippen molar-refractivity contribution in [2.45, 2.75) is 6.18 Å². The first-order valence-electron chi connectivity index (χ1n) is 11.4. The summed E-state index contributed by atoms with van der Waals surface area (Å²) in [6.45, 7) is 0. The van der Waals surface area contributed by atoms with Crippen LogP contribution in [-0.4, -0.2) is 26.2 Å². The van der Waals surface area contributed by atoms with Crippen molar-refractivity contribution in [1.29, 1.82) is 0 Å². The van der Waals surface area contributed by atoms with E-state index in [-0.39, 0.29) is 22.1 Å². The van der Waals surface area contributed by atoms with Crippen LogP contribution in [0.3, 0.4) is 0 Å². The molecular weight excluding hydrogens is 557 g/mol. The van der Waals surface area contributed by atoms with E-state index in [0.717, 1.165) is 12.1 Å². The molecule has 2 aromatic heterocycles. The molecule has 13 heteroatoms. The lowest BCUT2D eigenvalue weighted by Gasteiger charge is -2.11. The van der Waals surface area contributed by atoms with Gasteiger partial charge >= 0.3 is 6.18 Å². The zero-order valence-corrected chi connectivity index (χ0v) is 20.7. The molecule has 0 unspecified atom stereocenters. The van der Waals surface area contributed by atoms with Crippen LogP contribution in [0.25, 0.3) is 16.9 Å². The summed E-state index contributed by atoms with van der Waals surface area (Å²) >= 11 is 5.76. The molecule has 2 amide bonds. The van der Waals surface area contributed by atoms with E-state index in [1.807, 2.05) is 0 Å². The van der Waals surface area contributed by atoms with E-state index in [1.54, 1.807) is 34.9 Å². The molecule has 0 radical (unpaired) electrons. The predicted molar refractivity (Wildman–Crippen MR) is 137 cm³/mol. The van der Waals surface area contributed by atoms with Crippen LogP contribution >= 0.6 is 11.6 Å². The van der Waals surface area contributed by atoms with Gasteiger partial charge in [-0.3, -0.25) is 14.0 Å². The Kier molecular flexibility index (Phi) is 6.94. The summed E-state index contributed by atoms with van der Waals surface area (Å²) in [5, 5.41) is 4.92. The van der Waals surface area contributed by atoms with E-state index in [2.05, 4.69) is 20.6 Å². The van der Waals surface area contributed by atoms with Gasteiger partial charge in [0.15, 0.2) is 11.5 Å². The van der Waals surface area contributed by atoms with Crippen molar-refractivity contribution in [2.75, 3.05) is 10.6 Å². The maximum absolute atomic E-state index is 13.6. The Hall–Kier alpha value is -4.84. The highest BCUT2D eigenvalue weighted by molar-refractivity contribution is 6.31. The number of aromatic nitrogens is 3. The Bertz CT molecular complexity index is 1790. The Morgan fingerprint density at radius 1 is 0.850 bits per heavy atom. The molecule has 202 valence electrons. The molecule has 5 rings (SSSR count). The third-order valence-electron chi connectivity index (χ3n) is 5.79. The smallest absolute Gasteiger partial charge is 0.322 e. The van der Waals surface area contributed by atoms with Crippen LogP contribution in [0, 0.1) is 11.6 Å². The molecule has 5 aromatic rings. The summed E-state index contributed by atoms with van der Waals surface area (Å²) in [4.78, 5) is 33.6. The number of hydrogen-bond donors (Lipinski definition) is 2. The quantitative estimate of drug-likeness (QED) is 0.226. The first-order chi connectivity index (χ1) is 19.0. The summed E-state index contributed by atoms with van der Waals surface area (Å²) in [7, 11) is 0. The van der Waals surface area contributed by atoms with Crippen LogP contribution in [-0.2, 0) is 6.18 Å². The molecule has 0 aliphatic carbocycles. The molecule has 0 saturated carbocycles. The van der Waals surface area contributed by atoms with E-state index in [1.165, 1.54) is 24.5 Å². The van der Waals surface area contributed by atoms with Crippen LogP contribution in [0.5, 0.6) is 0 Å². The van der Waals surface area contributed by atoms with Gasteiger partial charge in [-0.1, -0.05) is 23.7 Å². The number of rotatable bonds is 5. The Balaban J connectivity index is 1.40. The van der Waals surface area contributed by atoms with Crippen molar-refractivity contribution in [3.05, 3.63) is 113 Å². The van der Waals surface area contributed by atoms with Crippen LogP contribution in [0.1, 0.15) is 26.3 Å². The SMILES string of the molecule is O=C(Nc1cccc(-c2cnc3c(NC(=O)c4ccc(F)c(C(F)(F)F)c4)nccn23)c1)c1ccc(F)c(Cl)c1. The highest BCUT2D eigenvalue weighted by Crippen LogP contribution is 2.32. The molecule has 0 spiro atoms. The number of hydrogen-bond acceptors (Lipinski definition) is 4. The molecule has 40 heavy (non-hydrogen) atoms. The molecule has 0 fully saturated rings. The summed E-state index contributed by atoms with van der Waals surface area (Å²) in [5.74, 6) is -3.65. The summed E-state index contributed by atoms with van der Waals surface area (Å²) in [6.07, 6.45) is -0.591. The number of halogens is 6. The molecular formula is C27H15ClF5N5O2. The lowest BCUT2D eigenvalue weighted by Crippen LogP contribution is -2.16. The van der Waals surface area contributed by atoms with Crippen molar-refractivity contribution in [3.63, 3.8) is 0 Å². The first-order valence-corrected chi connectivity index (χ1v) is 11.8. The number of carbonyl (C=O) groups excluding carboxylic acids is 2. The molecule has 7 nitrogen and oxygen atoms in total. The lowest BCUT2D eigenvalue weighted by atomic mass is 10.1. The number of alkyl halides is 3. The van der Waals surface area contributed by atoms with Crippen molar-refractivity contribution >= 4 is 40.6 Å². The average molecular weight is 572 g/mol. The minimum absolute atomic E-state index is 0.0470. The maximum atomic E-state index is 13.6. The largest absolute Gasteiger partial charge is 0.419 e. The number of amides is 2. The van der Waals surface area contributed by atoms with Gasteiger partial charge in [0.05, 0.1) is 22.5 Å². The Labute approximate surface area is 227 Å². The van der Waals surface area contributed by atoms with Crippen LogP contribution in [0.4, 0.5) is 33.5 Å². The fourth-order valence-electron chi connectivity index (χ4n) is 3.88. The lowest BCUT2D eigenvalue weighted by molar-refractivity contribution is -0.140. The fourth-order valence-corrected chi connectivity index (χ4v) is 4.06. The van der Waals surface area contributed by atoms with E-state index in [4.69, 9.17) is 11.6 Å². The molecule has 0 aliphatic rings. The molecule has 0 aliphatic heterocycles. The van der Waals surface area contributed by atoms with E-state index in [9.17, 15) is 31.5 Å². The fraction of sp³-hybridized carbons (Fsp3) is 0.0370. The number of fused-ring (bicyclic) bond motifs is 1. The second-order valence-corrected chi connectivity index (χ2v) is 8.83. The number of nitrogens with one attached hydrogen (secondary N) is 2. The maximum Gasteiger partial charge on any atom is 0.419 e. The standard InChI is InChI=1S/C27H15ClF5N5O2/c28-19-12-16(5-7-21(19)30)25(39)36-17-3-1-2-14(10-17)22-13-35-24-23(34-8-9-38(22)24)37-26(40)15-4-6-20(29)18(11-15)27(31,32)33/h1-13H,(H,36,39)(H,34,37,40). The number of imidazole rings is 1. The third-order valence-corrected chi connectivity index (χ3v) is 6.08. The summed E-state index contributed by atoms with van der Waals surface area (Å²) in [6, 6.07) is 12.2. The minimum atomic E-state index is -4.98. The molecule has 0 bridgehead atoms. The zero-order chi connectivity index (χ0) is 28.6. The van der Waals surface area contributed by atoms with Crippen LogP contribution < -0.4 is 10.6 Å². The zero-order valence-electron chi connectivity index (χ0n) is 19.9. The number of nitrogens with zero attached hydrogens (tertiary/aromatic N) is 3. The van der Waals surface area contributed by atoms with Gasteiger partial charge in [0, 0.05) is 34.8 Å². The van der Waals surface area contributed by atoms with Gasteiger partial charge in [-0.05, 0) is 48.5 Å². The first kappa shape index (κ1) is 26.8. The predicted octanol–water partition coefficient (Wildman–Crippen LogP) is 6.85. The molecule has 0 atom stereocenters. The number of benzene rings is 3. The number of anilines is 2. The highest BCUT2D eigenvalue weighted by Gasteiger charge is 2.34. The van der Waals surface area contributed by atoms with Gasteiger partial charge in [-0.2, -0.15) is 13.2 Å². The molecule has 3 aromatic carbocycles. The van der Waals surface area contributed by atoms with Gasteiger partial charge in [0.25, 0.3) is 11.8 Å². The van der Waals surface area contributed by atoms with Gasteiger partial charge in [-0.15, -0.1) is 0 Å². The summed E-state index contributed by atoms with van der Waals surface area (Å²) in [5.41, 5.74) is -0.0911. The second-order valence-electron chi connectivity index (χ2n) is 8.42. The Morgan fingerprint density at radius 3 is 2.27 bits per heavy atom. The van der Waals surface area contributed by atoms with Gasteiger partial charge in [0.2, 0.25) is 0 Å². The second kappa shape index (κ2) is 10.4. The van der Waals surface area contributed by atoms with Crippen LogP contribution in [0.15, 0.2) is 79.3 Å². The molecule has 2 heterocycles. The van der Waals surface area contributed by atoms with Gasteiger partial charge in [0.1, 0.15) is 11.6 Å². The van der Waals surface area contributed by atoms with Gasteiger partial charge in [-0.25, -0.2) is 18.7 Å². The number of carbonyl (C=O) groups is 2. The normalized spacial score (nSPS) is 11.4.